The molecule has 1 N–H and O–H groups in total. The van der Waals surface area contributed by atoms with Crippen molar-refractivity contribution < 1.29 is 9.84 Å². The average Bonchev–Trinajstić information content (AvgIpc) is 2.39. The van der Waals surface area contributed by atoms with E-state index < -0.39 is 0 Å². The van der Waals surface area contributed by atoms with Gasteiger partial charge in [-0.05, 0) is 48.9 Å². The summed E-state index contributed by atoms with van der Waals surface area (Å²) in [6, 6.07) is 14.6. The van der Waals surface area contributed by atoms with Crippen LogP contribution in [0.15, 0.2) is 53.5 Å². The third-order valence-corrected chi connectivity index (χ3v) is 2.63. The Balaban J connectivity index is 2.26. The Morgan fingerprint density at radius 1 is 1.11 bits per heavy atom. The second-order valence-corrected chi connectivity index (χ2v) is 3.95. The van der Waals surface area contributed by atoms with Gasteiger partial charge in [-0.2, -0.15) is 0 Å². The zero-order valence-corrected chi connectivity index (χ0v) is 10.4. The lowest BCUT2D eigenvalue weighted by Crippen LogP contribution is -1.93. The van der Waals surface area contributed by atoms with Crippen molar-refractivity contribution in [3.05, 3.63) is 54.1 Å². The molecule has 3 nitrogen and oxygen atoms in total. The van der Waals surface area contributed by atoms with Gasteiger partial charge in [0.25, 0.3) is 0 Å². The fourth-order valence-electron chi connectivity index (χ4n) is 1.65. The number of phenols is 1. The highest BCUT2D eigenvalue weighted by atomic mass is 16.5. The second-order valence-electron chi connectivity index (χ2n) is 3.95. The maximum absolute atomic E-state index is 9.42. The van der Waals surface area contributed by atoms with Crippen molar-refractivity contribution >= 4 is 11.4 Å². The molecule has 2 aromatic rings. The number of rotatable bonds is 3. The Bertz CT molecular complexity index is 559. The van der Waals surface area contributed by atoms with Crippen LogP contribution >= 0.6 is 0 Å². The molecule has 0 aliphatic heterocycles. The molecule has 18 heavy (non-hydrogen) atoms. The monoisotopic (exact) mass is 241 g/mol. The molecule has 0 unspecified atom stereocenters. The third kappa shape index (κ3) is 2.88. The van der Waals surface area contributed by atoms with E-state index in [1.54, 1.807) is 25.3 Å². The molecule has 0 saturated heterocycles. The smallest absolute Gasteiger partial charge is 0.119 e. The third-order valence-electron chi connectivity index (χ3n) is 2.63. The minimum absolute atomic E-state index is 0.247. The Morgan fingerprint density at radius 3 is 2.44 bits per heavy atom. The SMILES string of the molecule is COc1ccc(N=C(C)c2cccc(O)c2)cc1. The fourth-order valence-corrected chi connectivity index (χ4v) is 1.65. The second kappa shape index (κ2) is 5.36. The van der Waals surface area contributed by atoms with Crippen LogP contribution in [0.5, 0.6) is 11.5 Å². The number of ether oxygens (including phenoxy) is 1. The highest BCUT2D eigenvalue weighted by Gasteiger charge is 1.99. The van der Waals surface area contributed by atoms with E-state index in [4.69, 9.17) is 4.74 Å². The van der Waals surface area contributed by atoms with Crippen LogP contribution in [0.3, 0.4) is 0 Å². The normalized spacial score (nSPS) is 11.3. The van der Waals surface area contributed by atoms with Crippen LogP contribution < -0.4 is 4.74 Å². The number of hydrogen-bond donors (Lipinski definition) is 1. The van der Waals surface area contributed by atoms with E-state index in [1.807, 2.05) is 37.3 Å². The van der Waals surface area contributed by atoms with Crippen molar-refractivity contribution in [2.24, 2.45) is 4.99 Å². The van der Waals surface area contributed by atoms with E-state index in [1.165, 1.54) is 0 Å². The van der Waals surface area contributed by atoms with Gasteiger partial charge >= 0.3 is 0 Å². The zero-order chi connectivity index (χ0) is 13.0. The number of phenolic OH excluding ortho intramolecular Hbond substituents is 1. The lowest BCUT2D eigenvalue weighted by molar-refractivity contribution is 0.415. The Labute approximate surface area is 106 Å². The van der Waals surface area contributed by atoms with Gasteiger partial charge in [0.05, 0.1) is 12.8 Å². The van der Waals surface area contributed by atoms with Gasteiger partial charge in [-0.15, -0.1) is 0 Å². The molecule has 0 bridgehead atoms. The molecule has 2 rings (SSSR count). The summed E-state index contributed by atoms with van der Waals surface area (Å²) in [5.74, 6) is 1.06. The zero-order valence-electron chi connectivity index (χ0n) is 10.4. The maximum Gasteiger partial charge on any atom is 0.119 e. The van der Waals surface area contributed by atoms with Gasteiger partial charge in [0.2, 0.25) is 0 Å². The average molecular weight is 241 g/mol. The Hall–Kier alpha value is -2.29. The summed E-state index contributed by atoms with van der Waals surface area (Å²) in [5, 5.41) is 9.42. The lowest BCUT2D eigenvalue weighted by Gasteiger charge is -2.03. The lowest BCUT2D eigenvalue weighted by atomic mass is 10.1. The van der Waals surface area contributed by atoms with Crippen LogP contribution in [0.25, 0.3) is 0 Å². The molecule has 92 valence electrons. The van der Waals surface area contributed by atoms with Gasteiger partial charge in [-0.1, -0.05) is 12.1 Å². The van der Waals surface area contributed by atoms with Crippen molar-refractivity contribution in [3.8, 4) is 11.5 Å². The van der Waals surface area contributed by atoms with Crippen molar-refractivity contribution in [2.45, 2.75) is 6.92 Å². The van der Waals surface area contributed by atoms with E-state index in [0.29, 0.717) is 0 Å². The molecule has 0 aliphatic carbocycles. The summed E-state index contributed by atoms with van der Waals surface area (Å²) in [6.07, 6.45) is 0. The van der Waals surface area contributed by atoms with E-state index in [-0.39, 0.29) is 5.75 Å². The molecular weight excluding hydrogens is 226 g/mol. The Morgan fingerprint density at radius 2 is 1.83 bits per heavy atom. The van der Waals surface area contributed by atoms with E-state index in [0.717, 1.165) is 22.7 Å². The summed E-state index contributed by atoms with van der Waals surface area (Å²) in [5.41, 5.74) is 2.62. The van der Waals surface area contributed by atoms with Gasteiger partial charge < -0.3 is 9.84 Å². The summed E-state index contributed by atoms with van der Waals surface area (Å²) in [7, 11) is 1.64. The summed E-state index contributed by atoms with van der Waals surface area (Å²) >= 11 is 0. The number of aliphatic imine (C=N–C) groups is 1. The molecule has 2 aromatic carbocycles. The number of methoxy groups -OCH3 is 1. The van der Waals surface area contributed by atoms with Gasteiger partial charge in [-0.3, -0.25) is 4.99 Å². The fraction of sp³-hybridized carbons (Fsp3) is 0.133. The first kappa shape index (κ1) is 12.2. The molecule has 0 aromatic heterocycles. The van der Waals surface area contributed by atoms with Gasteiger partial charge in [0.15, 0.2) is 0 Å². The molecule has 0 spiro atoms. The largest absolute Gasteiger partial charge is 0.508 e. The van der Waals surface area contributed by atoms with Crippen LogP contribution in [0, 0.1) is 0 Å². The van der Waals surface area contributed by atoms with Crippen LogP contribution in [0.1, 0.15) is 12.5 Å². The van der Waals surface area contributed by atoms with E-state index >= 15 is 0 Å². The molecule has 0 aliphatic rings. The summed E-state index contributed by atoms with van der Waals surface area (Å²) < 4.78 is 5.09. The predicted molar refractivity (Wildman–Crippen MR) is 73.0 cm³/mol. The number of aromatic hydroxyl groups is 1. The topological polar surface area (TPSA) is 41.8 Å². The van der Waals surface area contributed by atoms with Gasteiger partial charge in [0.1, 0.15) is 11.5 Å². The molecule has 0 amide bonds. The van der Waals surface area contributed by atoms with E-state index in [2.05, 4.69) is 4.99 Å². The molecule has 0 atom stereocenters. The first-order valence-electron chi connectivity index (χ1n) is 5.68. The molecule has 3 heteroatoms. The van der Waals surface area contributed by atoms with Crippen molar-refractivity contribution in [1.82, 2.24) is 0 Å². The van der Waals surface area contributed by atoms with E-state index in [9.17, 15) is 5.11 Å². The standard InChI is InChI=1S/C15H15NO2/c1-11(12-4-3-5-14(17)10-12)16-13-6-8-15(18-2)9-7-13/h3-10,17H,1-2H3. The van der Waals surface area contributed by atoms with Crippen LogP contribution in [-0.2, 0) is 0 Å². The molecule has 0 fully saturated rings. The first-order valence-corrected chi connectivity index (χ1v) is 5.68. The highest BCUT2D eigenvalue weighted by Crippen LogP contribution is 2.19. The molecule has 0 heterocycles. The molecule has 0 saturated carbocycles. The van der Waals surface area contributed by atoms with Crippen molar-refractivity contribution in [1.29, 1.82) is 0 Å². The molecule has 0 radical (unpaired) electrons. The quantitative estimate of drug-likeness (QED) is 0.835. The van der Waals surface area contributed by atoms with Crippen molar-refractivity contribution in [3.63, 3.8) is 0 Å². The van der Waals surface area contributed by atoms with Crippen LogP contribution in [-0.4, -0.2) is 17.9 Å². The number of nitrogens with zero attached hydrogens (tertiary/aromatic N) is 1. The number of hydrogen-bond acceptors (Lipinski definition) is 3. The van der Waals surface area contributed by atoms with Crippen molar-refractivity contribution in [2.75, 3.05) is 7.11 Å². The van der Waals surface area contributed by atoms with Crippen LogP contribution in [0.2, 0.25) is 0 Å². The number of benzene rings is 2. The first-order chi connectivity index (χ1) is 8.69. The minimum Gasteiger partial charge on any atom is -0.508 e. The minimum atomic E-state index is 0.247. The highest BCUT2D eigenvalue weighted by molar-refractivity contribution is 6.00. The Kier molecular flexibility index (Phi) is 3.63. The summed E-state index contributed by atoms with van der Waals surface area (Å²) in [4.78, 5) is 4.50. The molecular formula is C15H15NO2. The summed E-state index contributed by atoms with van der Waals surface area (Å²) in [6.45, 7) is 1.92. The van der Waals surface area contributed by atoms with Gasteiger partial charge in [0, 0.05) is 5.71 Å². The van der Waals surface area contributed by atoms with Crippen LogP contribution in [0.4, 0.5) is 5.69 Å². The van der Waals surface area contributed by atoms with Gasteiger partial charge in [-0.25, -0.2) is 0 Å². The predicted octanol–water partition coefficient (Wildman–Crippen LogP) is 3.54. The maximum atomic E-state index is 9.42.